The van der Waals surface area contributed by atoms with E-state index in [0.29, 0.717) is 5.57 Å². The van der Waals surface area contributed by atoms with Gasteiger partial charge in [-0.05, 0) is 35.2 Å². The lowest BCUT2D eigenvalue weighted by Crippen LogP contribution is -1.83. The van der Waals surface area contributed by atoms with Crippen LogP contribution in [0.15, 0.2) is 60.9 Å². The highest BCUT2D eigenvalue weighted by molar-refractivity contribution is 7.19. The van der Waals surface area contributed by atoms with Crippen molar-refractivity contribution < 1.29 is 0 Å². The summed E-state index contributed by atoms with van der Waals surface area (Å²) in [7, 11) is 0. The standard InChI is InChI=1S/C19H11N3S/c20-11-15(19-22-17-6-1-2-7-18(17)23-19)10-13-4-3-5-14-12-21-9-8-16(13)14/h1-10,12H/b15-10+. The van der Waals surface area contributed by atoms with Gasteiger partial charge in [0.25, 0.3) is 0 Å². The van der Waals surface area contributed by atoms with Crippen LogP contribution < -0.4 is 0 Å². The van der Waals surface area contributed by atoms with Crippen molar-refractivity contribution >= 4 is 44.0 Å². The number of aromatic nitrogens is 2. The van der Waals surface area contributed by atoms with Crippen LogP contribution in [0.3, 0.4) is 0 Å². The SMILES string of the molecule is N#C/C(=C\c1cccc2cnccc12)c1nc2ccccc2s1. The Morgan fingerprint density at radius 3 is 2.87 bits per heavy atom. The second kappa shape index (κ2) is 5.64. The van der Waals surface area contributed by atoms with Gasteiger partial charge in [-0.15, -0.1) is 11.3 Å². The van der Waals surface area contributed by atoms with Crippen molar-refractivity contribution in [2.75, 3.05) is 0 Å². The third-order valence-corrected chi connectivity index (χ3v) is 4.73. The second-order valence-electron chi connectivity index (χ2n) is 5.10. The van der Waals surface area contributed by atoms with Crippen molar-refractivity contribution in [3.8, 4) is 6.07 Å². The molecule has 2 aromatic carbocycles. The summed E-state index contributed by atoms with van der Waals surface area (Å²) >= 11 is 1.54. The molecule has 4 heteroatoms. The zero-order valence-corrected chi connectivity index (χ0v) is 12.9. The molecule has 2 aromatic heterocycles. The number of rotatable bonds is 2. The number of fused-ring (bicyclic) bond motifs is 2. The van der Waals surface area contributed by atoms with Gasteiger partial charge in [-0.25, -0.2) is 4.98 Å². The molecule has 0 aliphatic heterocycles. The Morgan fingerprint density at radius 1 is 1.09 bits per heavy atom. The lowest BCUT2D eigenvalue weighted by atomic mass is 10.0. The molecular weight excluding hydrogens is 302 g/mol. The predicted molar refractivity (Wildman–Crippen MR) is 94.8 cm³/mol. The van der Waals surface area contributed by atoms with Gasteiger partial charge in [0.1, 0.15) is 11.1 Å². The van der Waals surface area contributed by atoms with Crippen molar-refractivity contribution in [2.24, 2.45) is 0 Å². The number of hydrogen-bond donors (Lipinski definition) is 0. The first-order valence-electron chi connectivity index (χ1n) is 7.15. The number of hydrogen-bond acceptors (Lipinski definition) is 4. The van der Waals surface area contributed by atoms with Gasteiger partial charge in [-0.2, -0.15) is 5.26 Å². The molecule has 2 heterocycles. The molecule has 23 heavy (non-hydrogen) atoms. The van der Waals surface area contributed by atoms with Gasteiger partial charge in [-0.1, -0.05) is 30.3 Å². The van der Waals surface area contributed by atoms with Crippen LogP contribution in [0, 0.1) is 11.3 Å². The van der Waals surface area contributed by atoms with Gasteiger partial charge in [0, 0.05) is 17.8 Å². The summed E-state index contributed by atoms with van der Waals surface area (Å²) < 4.78 is 1.09. The first-order valence-corrected chi connectivity index (χ1v) is 7.97. The van der Waals surface area contributed by atoms with Crippen LogP contribution in [-0.2, 0) is 0 Å². The Bertz CT molecular complexity index is 1050. The van der Waals surface area contributed by atoms with Gasteiger partial charge in [0.05, 0.1) is 15.8 Å². The number of pyridine rings is 1. The molecule has 0 fully saturated rings. The zero-order valence-electron chi connectivity index (χ0n) is 12.1. The van der Waals surface area contributed by atoms with Gasteiger partial charge in [0.15, 0.2) is 0 Å². The number of allylic oxidation sites excluding steroid dienone is 1. The van der Waals surface area contributed by atoms with E-state index in [4.69, 9.17) is 0 Å². The van der Waals surface area contributed by atoms with Gasteiger partial charge >= 0.3 is 0 Å². The highest BCUT2D eigenvalue weighted by Crippen LogP contribution is 2.29. The predicted octanol–water partition coefficient (Wildman–Crippen LogP) is 4.91. The number of nitriles is 1. The van der Waals surface area contributed by atoms with Crippen LogP contribution in [0.4, 0.5) is 0 Å². The molecule has 0 unspecified atom stereocenters. The van der Waals surface area contributed by atoms with E-state index in [1.165, 1.54) is 0 Å². The van der Waals surface area contributed by atoms with E-state index in [-0.39, 0.29) is 0 Å². The minimum atomic E-state index is 0.579. The summed E-state index contributed by atoms with van der Waals surface area (Å²) in [6.45, 7) is 0. The maximum Gasteiger partial charge on any atom is 0.135 e. The number of thiazole rings is 1. The van der Waals surface area contributed by atoms with Gasteiger partial charge < -0.3 is 0 Å². The fourth-order valence-electron chi connectivity index (χ4n) is 2.56. The van der Waals surface area contributed by atoms with Crippen LogP contribution >= 0.6 is 11.3 Å². The van der Waals surface area contributed by atoms with Crippen molar-refractivity contribution in [3.05, 3.63) is 71.5 Å². The van der Waals surface area contributed by atoms with E-state index in [1.54, 1.807) is 17.5 Å². The molecule has 0 radical (unpaired) electrons. The first-order chi connectivity index (χ1) is 11.3. The van der Waals surface area contributed by atoms with Crippen molar-refractivity contribution in [1.82, 2.24) is 9.97 Å². The van der Waals surface area contributed by atoms with Crippen LogP contribution in [0.1, 0.15) is 10.6 Å². The van der Waals surface area contributed by atoms with E-state index in [1.807, 2.05) is 60.8 Å². The average Bonchev–Trinajstić information content (AvgIpc) is 3.03. The lowest BCUT2D eigenvalue weighted by molar-refractivity contribution is 1.36. The molecule has 0 N–H and O–H groups in total. The molecule has 4 aromatic rings. The first kappa shape index (κ1) is 13.6. The van der Waals surface area contributed by atoms with Crippen LogP contribution in [0.25, 0.3) is 32.6 Å². The summed E-state index contributed by atoms with van der Waals surface area (Å²) in [5.41, 5.74) is 2.51. The number of nitrogens with zero attached hydrogens (tertiary/aromatic N) is 3. The zero-order chi connectivity index (χ0) is 15.6. The van der Waals surface area contributed by atoms with Crippen molar-refractivity contribution in [3.63, 3.8) is 0 Å². The summed E-state index contributed by atoms with van der Waals surface area (Å²) in [5, 5.41) is 12.5. The number of para-hydroxylation sites is 1. The van der Waals surface area contributed by atoms with E-state index in [2.05, 4.69) is 16.0 Å². The van der Waals surface area contributed by atoms with Crippen molar-refractivity contribution in [2.45, 2.75) is 0 Å². The maximum atomic E-state index is 9.57. The Morgan fingerprint density at radius 2 is 2.00 bits per heavy atom. The molecule has 4 rings (SSSR count). The molecular formula is C19H11N3S. The third kappa shape index (κ3) is 2.48. The van der Waals surface area contributed by atoms with E-state index in [9.17, 15) is 5.26 Å². The summed E-state index contributed by atoms with van der Waals surface area (Å²) in [4.78, 5) is 8.72. The van der Waals surface area contributed by atoms with Gasteiger partial charge in [0.2, 0.25) is 0 Å². The summed E-state index contributed by atoms with van der Waals surface area (Å²) in [6, 6.07) is 18.2. The van der Waals surface area contributed by atoms with Gasteiger partial charge in [-0.3, -0.25) is 4.98 Å². The highest BCUT2D eigenvalue weighted by Gasteiger charge is 2.09. The van der Waals surface area contributed by atoms with E-state index in [0.717, 1.165) is 31.6 Å². The fourth-order valence-corrected chi connectivity index (χ4v) is 3.49. The molecule has 3 nitrogen and oxygen atoms in total. The smallest absolute Gasteiger partial charge is 0.135 e. The molecule has 0 saturated heterocycles. The minimum absolute atomic E-state index is 0.579. The summed E-state index contributed by atoms with van der Waals surface area (Å²) in [6.07, 6.45) is 5.50. The van der Waals surface area contributed by atoms with Crippen molar-refractivity contribution in [1.29, 1.82) is 5.26 Å². The largest absolute Gasteiger partial charge is 0.264 e. The van der Waals surface area contributed by atoms with E-state index >= 15 is 0 Å². The molecule has 0 bridgehead atoms. The average molecular weight is 313 g/mol. The third-order valence-electron chi connectivity index (χ3n) is 3.66. The Hall–Kier alpha value is -3.03. The normalized spacial score (nSPS) is 11.7. The topological polar surface area (TPSA) is 49.6 Å². The quantitative estimate of drug-likeness (QED) is 0.494. The van der Waals surface area contributed by atoms with Crippen LogP contribution in [-0.4, -0.2) is 9.97 Å². The molecule has 0 atom stereocenters. The molecule has 0 spiro atoms. The highest BCUT2D eigenvalue weighted by atomic mass is 32.1. The monoisotopic (exact) mass is 313 g/mol. The molecule has 0 saturated carbocycles. The molecule has 108 valence electrons. The Kier molecular flexibility index (Phi) is 3.34. The minimum Gasteiger partial charge on any atom is -0.264 e. The Labute approximate surface area is 137 Å². The van der Waals surface area contributed by atoms with Crippen LogP contribution in [0.5, 0.6) is 0 Å². The Balaban J connectivity index is 1.88. The second-order valence-corrected chi connectivity index (χ2v) is 6.13. The molecule has 0 amide bonds. The maximum absolute atomic E-state index is 9.57. The van der Waals surface area contributed by atoms with Crippen LogP contribution in [0.2, 0.25) is 0 Å². The summed E-state index contributed by atoms with van der Waals surface area (Å²) in [5.74, 6) is 0. The molecule has 0 aliphatic rings. The van der Waals surface area contributed by atoms with E-state index < -0.39 is 0 Å². The fraction of sp³-hybridized carbons (Fsp3) is 0. The lowest BCUT2D eigenvalue weighted by Gasteiger charge is -2.02. The number of benzene rings is 2. The molecule has 0 aliphatic carbocycles.